The van der Waals surface area contributed by atoms with Crippen molar-refractivity contribution in [2.75, 3.05) is 56.6 Å². The fraction of sp³-hybridized carbons (Fsp3) is 0.667. The Labute approximate surface area is 122 Å². The maximum absolute atomic E-state index is 9.01. The summed E-state index contributed by atoms with van der Waals surface area (Å²) in [4.78, 5) is 13.1. The zero-order valence-electron chi connectivity index (χ0n) is 11.1. The number of aliphatic hydroxyl groups is 1. The minimum Gasteiger partial charge on any atom is -0.395 e. The Bertz CT molecular complexity index is 417. The molecule has 0 aliphatic carbocycles. The van der Waals surface area contributed by atoms with Crippen LogP contribution in [0.4, 0.5) is 11.6 Å². The lowest BCUT2D eigenvalue weighted by molar-refractivity contribution is 0.204. The molecule has 1 aliphatic heterocycles. The highest BCUT2D eigenvalue weighted by Crippen LogP contribution is 2.29. The quantitative estimate of drug-likeness (QED) is 0.851. The molecule has 7 heteroatoms. The third-order valence-corrected chi connectivity index (χ3v) is 4.04. The predicted molar refractivity (Wildman–Crippen MR) is 79.6 cm³/mol. The molecule has 106 valence electrons. The van der Waals surface area contributed by atoms with Crippen molar-refractivity contribution in [3.63, 3.8) is 0 Å². The maximum atomic E-state index is 9.01. The van der Waals surface area contributed by atoms with E-state index in [-0.39, 0.29) is 6.61 Å². The van der Waals surface area contributed by atoms with Gasteiger partial charge in [0.2, 0.25) is 0 Å². The monoisotopic (exact) mass is 329 g/mol. The average Bonchev–Trinajstić information content (AvgIpc) is 2.65. The number of hydrogen-bond donors (Lipinski definition) is 2. The number of hydrogen-bond acceptors (Lipinski definition) is 6. The van der Waals surface area contributed by atoms with Gasteiger partial charge < -0.3 is 15.3 Å². The Morgan fingerprint density at radius 2 is 2.16 bits per heavy atom. The van der Waals surface area contributed by atoms with Crippen molar-refractivity contribution in [2.24, 2.45) is 0 Å². The van der Waals surface area contributed by atoms with Gasteiger partial charge in [0, 0.05) is 33.2 Å². The highest BCUT2D eigenvalue weighted by Gasteiger charge is 2.19. The smallest absolute Gasteiger partial charge is 0.148 e. The average molecular weight is 330 g/mol. The second-order valence-electron chi connectivity index (χ2n) is 4.52. The molecule has 0 aromatic carbocycles. The van der Waals surface area contributed by atoms with Crippen LogP contribution in [0.2, 0.25) is 0 Å². The molecule has 19 heavy (non-hydrogen) atoms. The molecule has 0 bridgehead atoms. The molecule has 0 atom stereocenters. The Kier molecular flexibility index (Phi) is 5.35. The summed E-state index contributed by atoms with van der Waals surface area (Å²) in [6.45, 7) is 4.84. The van der Waals surface area contributed by atoms with E-state index in [1.165, 1.54) is 0 Å². The van der Waals surface area contributed by atoms with Gasteiger partial charge in [-0.15, -0.1) is 0 Å². The molecule has 2 rings (SSSR count). The van der Waals surface area contributed by atoms with E-state index in [1.807, 2.05) is 7.05 Å². The second kappa shape index (κ2) is 7.02. The summed E-state index contributed by atoms with van der Waals surface area (Å²) < 4.78 is 0.910. The Morgan fingerprint density at radius 3 is 2.89 bits per heavy atom. The van der Waals surface area contributed by atoms with Gasteiger partial charge in [0.25, 0.3) is 0 Å². The predicted octanol–water partition coefficient (Wildman–Crippen LogP) is 0.785. The van der Waals surface area contributed by atoms with Crippen molar-refractivity contribution >= 4 is 27.6 Å². The molecule has 0 radical (unpaired) electrons. The molecule has 2 heterocycles. The maximum Gasteiger partial charge on any atom is 0.148 e. The van der Waals surface area contributed by atoms with Gasteiger partial charge in [-0.2, -0.15) is 0 Å². The van der Waals surface area contributed by atoms with Crippen LogP contribution in [0, 0.1) is 0 Å². The molecule has 1 saturated heterocycles. The fourth-order valence-corrected chi connectivity index (χ4v) is 2.96. The van der Waals surface area contributed by atoms with Crippen molar-refractivity contribution in [2.45, 2.75) is 6.42 Å². The van der Waals surface area contributed by atoms with Gasteiger partial charge in [0.1, 0.15) is 22.4 Å². The SMILES string of the molecule is CNc1ncnc(N2CCCN(CCO)CC2)c1Br. The Morgan fingerprint density at radius 1 is 1.32 bits per heavy atom. The Hall–Kier alpha value is -0.920. The molecule has 1 aromatic heterocycles. The number of anilines is 2. The number of aromatic nitrogens is 2. The van der Waals surface area contributed by atoms with Crippen LogP contribution < -0.4 is 10.2 Å². The van der Waals surface area contributed by atoms with Gasteiger partial charge in [-0.05, 0) is 28.9 Å². The van der Waals surface area contributed by atoms with Crippen LogP contribution in [0.15, 0.2) is 10.8 Å². The molecule has 0 saturated carbocycles. The van der Waals surface area contributed by atoms with Gasteiger partial charge in [-0.25, -0.2) is 9.97 Å². The first kappa shape index (κ1) is 14.5. The number of aliphatic hydroxyl groups excluding tert-OH is 1. The first-order valence-electron chi connectivity index (χ1n) is 6.52. The molecular weight excluding hydrogens is 310 g/mol. The van der Waals surface area contributed by atoms with Crippen molar-refractivity contribution in [3.05, 3.63) is 10.8 Å². The minimum atomic E-state index is 0.223. The van der Waals surface area contributed by atoms with E-state index in [1.54, 1.807) is 6.33 Å². The highest BCUT2D eigenvalue weighted by atomic mass is 79.9. The van der Waals surface area contributed by atoms with Gasteiger partial charge in [0.05, 0.1) is 6.61 Å². The summed E-state index contributed by atoms with van der Waals surface area (Å²) in [6, 6.07) is 0. The molecule has 0 unspecified atom stereocenters. The topological polar surface area (TPSA) is 64.5 Å². The van der Waals surface area contributed by atoms with E-state index in [0.29, 0.717) is 0 Å². The third kappa shape index (κ3) is 3.55. The van der Waals surface area contributed by atoms with Gasteiger partial charge >= 0.3 is 0 Å². The number of halogens is 1. The largest absolute Gasteiger partial charge is 0.395 e. The summed E-state index contributed by atoms with van der Waals surface area (Å²) in [6.07, 6.45) is 2.66. The van der Waals surface area contributed by atoms with E-state index in [2.05, 4.69) is 41.0 Å². The molecule has 2 N–H and O–H groups in total. The summed E-state index contributed by atoms with van der Waals surface area (Å²) in [5.74, 6) is 1.74. The van der Waals surface area contributed by atoms with Crippen LogP contribution in [0.3, 0.4) is 0 Å². The number of β-amino-alcohol motifs (C(OH)–C–C–N with tert-alkyl or cyclic N) is 1. The second-order valence-corrected chi connectivity index (χ2v) is 5.31. The van der Waals surface area contributed by atoms with E-state index < -0.39 is 0 Å². The standard InChI is InChI=1S/C12H20BrN5O/c1-14-11-10(13)12(16-9-15-11)18-4-2-3-17(5-6-18)7-8-19/h9,19H,2-8H2,1H3,(H,14,15,16). The number of rotatable bonds is 4. The summed E-state index contributed by atoms with van der Waals surface area (Å²) >= 11 is 3.57. The zero-order valence-corrected chi connectivity index (χ0v) is 12.7. The molecule has 0 spiro atoms. The zero-order chi connectivity index (χ0) is 13.7. The molecule has 1 aliphatic rings. The molecule has 1 aromatic rings. The molecule has 1 fully saturated rings. The van der Waals surface area contributed by atoms with E-state index in [0.717, 1.165) is 55.3 Å². The van der Waals surface area contributed by atoms with Crippen LogP contribution >= 0.6 is 15.9 Å². The van der Waals surface area contributed by atoms with E-state index >= 15 is 0 Å². The normalized spacial score (nSPS) is 17.3. The summed E-state index contributed by atoms with van der Waals surface area (Å²) in [7, 11) is 1.85. The van der Waals surface area contributed by atoms with E-state index in [9.17, 15) is 0 Å². The lowest BCUT2D eigenvalue weighted by Crippen LogP contribution is -2.33. The Balaban J connectivity index is 2.10. The van der Waals surface area contributed by atoms with Gasteiger partial charge in [0.15, 0.2) is 0 Å². The highest BCUT2D eigenvalue weighted by molar-refractivity contribution is 9.10. The van der Waals surface area contributed by atoms with Gasteiger partial charge in [-0.3, -0.25) is 4.90 Å². The third-order valence-electron chi connectivity index (χ3n) is 3.31. The van der Waals surface area contributed by atoms with Crippen LogP contribution in [0.1, 0.15) is 6.42 Å². The number of nitrogens with zero attached hydrogens (tertiary/aromatic N) is 4. The van der Waals surface area contributed by atoms with E-state index in [4.69, 9.17) is 5.11 Å². The van der Waals surface area contributed by atoms with Crippen LogP contribution in [-0.2, 0) is 0 Å². The van der Waals surface area contributed by atoms with Crippen molar-refractivity contribution in [1.82, 2.24) is 14.9 Å². The molecule has 0 amide bonds. The lowest BCUT2D eigenvalue weighted by atomic mass is 10.3. The molecular formula is C12H20BrN5O. The van der Waals surface area contributed by atoms with Crippen molar-refractivity contribution < 1.29 is 5.11 Å². The fourth-order valence-electron chi connectivity index (χ4n) is 2.30. The van der Waals surface area contributed by atoms with Crippen LogP contribution in [-0.4, -0.2) is 66.4 Å². The van der Waals surface area contributed by atoms with Crippen molar-refractivity contribution in [1.29, 1.82) is 0 Å². The molecule has 6 nitrogen and oxygen atoms in total. The first-order chi connectivity index (χ1) is 9.26. The van der Waals surface area contributed by atoms with Crippen LogP contribution in [0.5, 0.6) is 0 Å². The first-order valence-corrected chi connectivity index (χ1v) is 7.32. The van der Waals surface area contributed by atoms with Gasteiger partial charge in [-0.1, -0.05) is 0 Å². The van der Waals surface area contributed by atoms with Crippen LogP contribution in [0.25, 0.3) is 0 Å². The minimum absolute atomic E-state index is 0.223. The summed E-state index contributed by atoms with van der Waals surface area (Å²) in [5.41, 5.74) is 0. The van der Waals surface area contributed by atoms with Crippen molar-refractivity contribution in [3.8, 4) is 0 Å². The lowest BCUT2D eigenvalue weighted by Gasteiger charge is -2.23. The number of nitrogens with one attached hydrogen (secondary N) is 1. The summed E-state index contributed by atoms with van der Waals surface area (Å²) in [5, 5.41) is 12.1.